The third kappa shape index (κ3) is 3.30. The average molecular weight is 414 g/mol. The summed E-state index contributed by atoms with van der Waals surface area (Å²) >= 11 is 6.82. The lowest BCUT2D eigenvalue weighted by Crippen LogP contribution is -2.05. The molecule has 21 heavy (non-hydrogen) atoms. The van der Waals surface area contributed by atoms with Gasteiger partial charge in [0.15, 0.2) is 5.78 Å². The van der Waals surface area contributed by atoms with Gasteiger partial charge in [0.1, 0.15) is 11.5 Å². The summed E-state index contributed by atoms with van der Waals surface area (Å²) in [6.07, 6.45) is 0. The average Bonchev–Trinajstić information content (AvgIpc) is 2.49. The van der Waals surface area contributed by atoms with E-state index in [4.69, 9.17) is 9.47 Å². The first-order chi connectivity index (χ1) is 9.97. The highest BCUT2D eigenvalue weighted by atomic mass is 79.9. The molecule has 5 heteroatoms. The smallest absolute Gasteiger partial charge is 0.196 e. The van der Waals surface area contributed by atoms with E-state index in [1.807, 2.05) is 19.1 Å². The van der Waals surface area contributed by atoms with Gasteiger partial charge in [-0.2, -0.15) is 0 Å². The van der Waals surface area contributed by atoms with Crippen molar-refractivity contribution in [3.05, 3.63) is 56.0 Å². The van der Waals surface area contributed by atoms with E-state index in [0.29, 0.717) is 22.6 Å². The van der Waals surface area contributed by atoms with Gasteiger partial charge in [-0.15, -0.1) is 0 Å². The first-order valence-electron chi connectivity index (χ1n) is 6.20. The number of halogens is 2. The van der Waals surface area contributed by atoms with Gasteiger partial charge in [0.05, 0.1) is 24.3 Å². The number of ether oxygens (including phenoxy) is 2. The van der Waals surface area contributed by atoms with Gasteiger partial charge in [0.25, 0.3) is 0 Å². The minimum Gasteiger partial charge on any atom is -0.496 e. The Morgan fingerprint density at radius 3 is 2.19 bits per heavy atom. The van der Waals surface area contributed by atoms with Crippen molar-refractivity contribution in [3.8, 4) is 11.5 Å². The molecule has 110 valence electrons. The molecular weight excluding hydrogens is 400 g/mol. The van der Waals surface area contributed by atoms with Gasteiger partial charge in [-0.1, -0.05) is 15.9 Å². The maximum absolute atomic E-state index is 12.7. The van der Waals surface area contributed by atoms with Crippen LogP contribution in [0.4, 0.5) is 0 Å². The number of carbonyl (C=O) groups is 1. The molecule has 0 atom stereocenters. The Hall–Kier alpha value is -1.33. The minimum absolute atomic E-state index is 0.103. The van der Waals surface area contributed by atoms with Gasteiger partial charge >= 0.3 is 0 Å². The zero-order valence-corrected chi connectivity index (χ0v) is 15.0. The van der Waals surface area contributed by atoms with E-state index < -0.39 is 0 Å². The summed E-state index contributed by atoms with van der Waals surface area (Å²) < 4.78 is 12.3. The van der Waals surface area contributed by atoms with Crippen LogP contribution in [0, 0.1) is 6.92 Å². The van der Waals surface area contributed by atoms with Crippen LogP contribution in [0.3, 0.4) is 0 Å². The number of hydrogen-bond acceptors (Lipinski definition) is 3. The minimum atomic E-state index is -0.103. The lowest BCUT2D eigenvalue weighted by Gasteiger charge is -2.12. The van der Waals surface area contributed by atoms with Gasteiger partial charge in [-0.3, -0.25) is 4.79 Å². The van der Waals surface area contributed by atoms with Gasteiger partial charge in [0, 0.05) is 10.0 Å². The molecule has 0 aromatic heterocycles. The second kappa shape index (κ2) is 6.62. The molecule has 2 rings (SSSR count). The van der Waals surface area contributed by atoms with Crippen LogP contribution in [0.5, 0.6) is 11.5 Å². The van der Waals surface area contributed by atoms with Gasteiger partial charge in [-0.05, 0) is 58.7 Å². The van der Waals surface area contributed by atoms with Crippen molar-refractivity contribution in [1.29, 1.82) is 0 Å². The molecule has 0 saturated heterocycles. The summed E-state index contributed by atoms with van der Waals surface area (Å²) in [6.45, 7) is 1.94. The van der Waals surface area contributed by atoms with Crippen molar-refractivity contribution < 1.29 is 14.3 Å². The molecule has 0 unspecified atom stereocenters. The molecule has 0 N–H and O–H groups in total. The van der Waals surface area contributed by atoms with E-state index in [2.05, 4.69) is 31.9 Å². The predicted molar refractivity (Wildman–Crippen MR) is 89.6 cm³/mol. The summed E-state index contributed by atoms with van der Waals surface area (Å²) in [4.78, 5) is 12.7. The van der Waals surface area contributed by atoms with E-state index in [1.54, 1.807) is 25.3 Å². The van der Waals surface area contributed by atoms with Crippen LogP contribution in [-0.2, 0) is 0 Å². The summed E-state index contributed by atoms with van der Waals surface area (Å²) in [5.74, 6) is 0.995. The summed E-state index contributed by atoms with van der Waals surface area (Å²) in [7, 11) is 3.10. The zero-order chi connectivity index (χ0) is 15.6. The Bertz CT molecular complexity index is 696. The van der Waals surface area contributed by atoms with Crippen molar-refractivity contribution in [2.45, 2.75) is 6.92 Å². The highest BCUT2D eigenvalue weighted by Crippen LogP contribution is 2.34. The van der Waals surface area contributed by atoms with Crippen molar-refractivity contribution in [2.24, 2.45) is 0 Å². The van der Waals surface area contributed by atoms with Crippen molar-refractivity contribution in [2.75, 3.05) is 14.2 Å². The van der Waals surface area contributed by atoms with E-state index in [1.165, 1.54) is 7.11 Å². The Kier molecular flexibility index (Phi) is 5.06. The van der Waals surface area contributed by atoms with Crippen LogP contribution in [0.15, 0.2) is 39.3 Å². The number of aryl methyl sites for hydroxylation is 1. The molecule has 0 saturated carbocycles. The lowest BCUT2D eigenvalue weighted by molar-refractivity contribution is 0.103. The molecule has 0 amide bonds. The Morgan fingerprint density at radius 2 is 1.62 bits per heavy atom. The predicted octanol–water partition coefficient (Wildman–Crippen LogP) is 4.77. The monoisotopic (exact) mass is 412 g/mol. The van der Waals surface area contributed by atoms with Gasteiger partial charge in [-0.25, -0.2) is 0 Å². The van der Waals surface area contributed by atoms with Crippen LogP contribution in [0.2, 0.25) is 0 Å². The SMILES string of the molecule is COc1cc(C(=O)c2ccc(Br)c(C)c2)c(OC)cc1Br. The number of rotatable bonds is 4. The van der Waals surface area contributed by atoms with E-state index in [0.717, 1.165) is 14.5 Å². The highest BCUT2D eigenvalue weighted by molar-refractivity contribution is 9.10. The largest absolute Gasteiger partial charge is 0.496 e. The molecular formula is C16H14Br2O3. The number of ketones is 1. The molecule has 3 nitrogen and oxygen atoms in total. The van der Waals surface area contributed by atoms with Crippen molar-refractivity contribution >= 4 is 37.6 Å². The fourth-order valence-corrected chi connectivity index (χ4v) is 2.71. The van der Waals surface area contributed by atoms with E-state index in [-0.39, 0.29) is 5.78 Å². The Labute approximate surface area is 140 Å². The molecule has 0 aliphatic heterocycles. The van der Waals surface area contributed by atoms with Crippen LogP contribution >= 0.6 is 31.9 Å². The molecule has 0 radical (unpaired) electrons. The van der Waals surface area contributed by atoms with Crippen molar-refractivity contribution in [3.63, 3.8) is 0 Å². The summed E-state index contributed by atoms with van der Waals surface area (Å²) in [6, 6.07) is 8.92. The Morgan fingerprint density at radius 1 is 0.952 bits per heavy atom. The summed E-state index contributed by atoms with van der Waals surface area (Å²) in [5, 5.41) is 0. The second-order valence-corrected chi connectivity index (χ2v) is 6.19. The third-order valence-corrected chi connectivity index (χ3v) is 4.65. The molecule has 0 bridgehead atoms. The maximum atomic E-state index is 12.7. The lowest BCUT2D eigenvalue weighted by atomic mass is 10.0. The normalized spacial score (nSPS) is 10.3. The highest BCUT2D eigenvalue weighted by Gasteiger charge is 2.18. The number of hydrogen-bond donors (Lipinski definition) is 0. The third-order valence-electron chi connectivity index (χ3n) is 3.14. The summed E-state index contributed by atoms with van der Waals surface area (Å²) in [5.41, 5.74) is 2.08. The van der Waals surface area contributed by atoms with E-state index >= 15 is 0 Å². The topological polar surface area (TPSA) is 35.5 Å². The van der Waals surface area contributed by atoms with Crippen LogP contribution in [-0.4, -0.2) is 20.0 Å². The molecule has 0 aliphatic carbocycles. The standard InChI is InChI=1S/C16H14Br2O3/c1-9-6-10(4-5-12(9)17)16(19)11-7-15(21-3)13(18)8-14(11)20-2/h4-8H,1-3H3. The van der Waals surface area contributed by atoms with Crippen molar-refractivity contribution in [1.82, 2.24) is 0 Å². The molecule has 0 spiro atoms. The second-order valence-electron chi connectivity index (χ2n) is 4.48. The first-order valence-corrected chi connectivity index (χ1v) is 7.79. The molecule has 2 aromatic rings. The number of carbonyl (C=O) groups excluding carboxylic acids is 1. The molecule has 0 heterocycles. The quantitative estimate of drug-likeness (QED) is 0.677. The van der Waals surface area contributed by atoms with Gasteiger partial charge < -0.3 is 9.47 Å². The molecule has 0 fully saturated rings. The van der Waals surface area contributed by atoms with Crippen LogP contribution in [0.1, 0.15) is 21.5 Å². The van der Waals surface area contributed by atoms with Crippen LogP contribution in [0.25, 0.3) is 0 Å². The number of benzene rings is 2. The number of methoxy groups -OCH3 is 2. The fourth-order valence-electron chi connectivity index (χ4n) is 1.98. The maximum Gasteiger partial charge on any atom is 0.196 e. The fraction of sp³-hybridized carbons (Fsp3) is 0.188. The molecule has 2 aromatic carbocycles. The molecule has 0 aliphatic rings. The van der Waals surface area contributed by atoms with Gasteiger partial charge in [0.2, 0.25) is 0 Å². The van der Waals surface area contributed by atoms with E-state index in [9.17, 15) is 4.79 Å². The Balaban J connectivity index is 2.53. The van der Waals surface area contributed by atoms with Crippen LogP contribution < -0.4 is 9.47 Å². The zero-order valence-electron chi connectivity index (χ0n) is 11.9. The first kappa shape index (κ1) is 16.0.